The standard InChI is InChI=1S/C16H28O4/c1-3-19-15(17)11-10-14(16(18)20-4-2)12-13-8-6-5-7-9-13/h13-14H,3-12H2,1-2H3. The topological polar surface area (TPSA) is 52.6 Å². The maximum Gasteiger partial charge on any atom is 0.308 e. The minimum Gasteiger partial charge on any atom is -0.466 e. The molecule has 0 spiro atoms. The number of carbonyl (C=O) groups is 2. The third kappa shape index (κ3) is 6.40. The van der Waals surface area contributed by atoms with Gasteiger partial charge in [0.05, 0.1) is 19.1 Å². The molecule has 1 saturated carbocycles. The van der Waals surface area contributed by atoms with Gasteiger partial charge in [-0.05, 0) is 32.6 Å². The number of rotatable bonds is 8. The normalized spacial score (nSPS) is 17.5. The highest BCUT2D eigenvalue weighted by Crippen LogP contribution is 2.31. The van der Waals surface area contributed by atoms with Crippen LogP contribution in [-0.2, 0) is 19.1 Å². The van der Waals surface area contributed by atoms with Crippen LogP contribution in [0.15, 0.2) is 0 Å². The summed E-state index contributed by atoms with van der Waals surface area (Å²) in [5.41, 5.74) is 0. The van der Waals surface area contributed by atoms with Crippen LogP contribution in [0.25, 0.3) is 0 Å². The summed E-state index contributed by atoms with van der Waals surface area (Å²) in [7, 11) is 0. The molecule has 0 radical (unpaired) electrons. The highest BCUT2D eigenvalue weighted by atomic mass is 16.5. The lowest BCUT2D eigenvalue weighted by Crippen LogP contribution is -2.23. The fourth-order valence-electron chi connectivity index (χ4n) is 2.94. The molecule has 0 aromatic heterocycles. The molecule has 0 aliphatic heterocycles. The molecule has 0 saturated heterocycles. The Morgan fingerprint density at radius 3 is 2.30 bits per heavy atom. The van der Waals surface area contributed by atoms with Crippen molar-refractivity contribution >= 4 is 11.9 Å². The molecule has 1 aliphatic carbocycles. The molecule has 1 fully saturated rings. The average Bonchev–Trinajstić information content (AvgIpc) is 2.45. The van der Waals surface area contributed by atoms with Crippen LogP contribution in [0.2, 0.25) is 0 Å². The summed E-state index contributed by atoms with van der Waals surface area (Å²) < 4.78 is 10.1. The van der Waals surface area contributed by atoms with E-state index in [-0.39, 0.29) is 17.9 Å². The Labute approximate surface area is 122 Å². The lowest BCUT2D eigenvalue weighted by Gasteiger charge is -2.25. The molecule has 0 aromatic rings. The lowest BCUT2D eigenvalue weighted by molar-refractivity contribution is -0.150. The Morgan fingerprint density at radius 1 is 1.05 bits per heavy atom. The molecule has 116 valence electrons. The van der Waals surface area contributed by atoms with Crippen LogP contribution < -0.4 is 0 Å². The summed E-state index contributed by atoms with van der Waals surface area (Å²) in [6, 6.07) is 0. The molecule has 1 unspecified atom stereocenters. The number of carbonyl (C=O) groups excluding carboxylic acids is 2. The highest BCUT2D eigenvalue weighted by Gasteiger charge is 2.26. The minimum atomic E-state index is -0.217. The molecule has 4 heteroatoms. The van der Waals surface area contributed by atoms with E-state index in [0.29, 0.717) is 32.0 Å². The van der Waals surface area contributed by atoms with Crippen molar-refractivity contribution in [3.8, 4) is 0 Å². The van der Waals surface area contributed by atoms with E-state index >= 15 is 0 Å². The van der Waals surface area contributed by atoms with Crippen LogP contribution in [0.5, 0.6) is 0 Å². The maximum atomic E-state index is 12.0. The Kier molecular flexibility index (Phi) is 8.31. The molecule has 1 atom stereocenters. The second-order valence-electron chi connectivity index (χ2n) is 5.53. The van der Waals surface area contributed by atoms with Crippen molar-refractivity contribution in [3.63, 3.8) is 0 Å². The van der Waals surface area contributed by atoms with Crippen molar-refractivity contribution < 1.29 is 19.1 Å². The first-order valence-corrected chi connectivity index (χ1v) is 7.99. The summed E-state index contributed by atoms with van der Waals surface area (Å²) in [5.74, 6) is 0.0932. The van der Waals surface area contributed by atoms with Crippen LogP contribution in [-0.4, -0.2) is 25.2 Å². The number of hydrogen-bond donors (Lipinski definition) is 0. The fraction of sp³-hybridized carbons (Fsp3) is 0.875. The Hall–Kier alpha value is -1.06. The highest BCUT2D eigenvalue weighted by molar-refractivity contribution is 5.74. The Morgan fingerprint density at radius 2 is 1.70 bits per heavy atom. The second-order valence-corrected chi connectivity index (χ2v) is 5.53. The van der Waals surface area contributed by atoms with Gasteiger partial charge in [-0.1, -0.05) is 32.1 Å². The fourth-order valence-corrected chi connectivity index (χ4v) is 2.94. The van der Waals surface area contributed by atoms with E-state index in [9.17, 15) is 9.59 Å². The van der Waals surface area contributed by atoms with Crippen LogP contribution in [0, 0.1) is 11.8 Å². The minimum absolute atomic E-state index is 0.151. The van der Waals surface area contributed by atoms with Gasteiger partial charge in [0, 0.05) is 6.42 Å². The van der Waals surface area contributed by atoms with E-state index in [4.69, 9.17) is 9.47 Å². The summed E-state index contributed by atoms with van der Waals surface area (Å²) in [6.45, 7) is 4.41. The first kappa shape index (κ1) is 17.0. The van der Waals surface area contributed by atoms with Gasteiger partial charge in [0.1, 0.15) is 0 Å². The molecule has 0 aromatic carbocycles. The quantitative estimate of drug-likeness (QED) is 0.640. The maximum absolute atomic E-state index is 12.0. The van der Waals surface area contributed by atoms with Crippen LogP contribution in [0.1, 0.15) is 65.2 Å². The zero-order valence-electron chi connectivity index (χ0n) is 12.9. The largest absolute Gasteiger partial charge is 0.466 e. The van der Waals surface area contributed by atoms with E-state index in [1.165, 1.54) is 32.1 Å². The van der Waals surface area contributed by atoms with Crippen LogP contribution in [0.4, 0.5) is 0 Å². The zero-order valence-corrected chi connectivity index (χ0v) is 12.9. The van der Waals surface area contributed by atoms with Gasteiger partial charge in [0.15, 0.2) is 0 Å². The average molecular weight is 284 g/mol. The van der Waals surface area contributed by atoms with E-state index in [1.807, 2.05) is 6.92 Å². The van der Waals surface area contributed by atoms with Crippen LogP contribution >= 0.6 is 0 Å². The summed E-state index contributed by atoms with van der Waals surface area (Å²) in [4.78, 5) is 23.5. The smallest absolute Gasteiger partial charge is 0.308 e. The van der Waals surface area contributed by atoms with Gasteiger partial charge in [-0.15, -0.1) is 0 Å². The molecular weight excluding hydrogens is 256 g/mol. The molecule has 0 bridgehead atoms. The third-order valence-corrected chi connectivity index (χ3v) is 3.96. The van der Waals surface area contributed by atoms with E-state index in [0.717, 1.165) is 6.42 Å². The molecule has 0 heterocycles. The summed E-state index contributed by atoms with van der Waals surface area (Å²) in [6.07, 6.45) is 7.96. The first-order chi connectivity index (χ1) is 9.67. The van der Waals surface area contributed by atoms with E-state index in [2.05, 4.69) is 0 Å². The predicted molar refractivity (Wildman–Crippen MR) is 77.2 cm³/mol. The van der Waals surface area contributed by atoms with Gasteiger partial charge < -0.3 is 9.47 Å². The Bertz CT molecular complexity index is 295. The molecule has 4 nitrogen and oxygen atoms in total. The van der Waals surface area contributed by atoms with Crippen molar-refractivity contribution in [1.82, 2.24) is 0 Å². The SMILES string of the molecule is CCOC(=O)CCC(CC1CCCCC1)C(=O)OCC. The first-order valence-electron chi connectivity index (χ1n) is 7.99. The second kappa shape index (κ2) is 9.78. The van der Waals surface area contributed by atoms with Crippen molar-refractivity contribution in [2.24, 2.45) is 11.8 Å². The lowest BCUT2D eigenvalue weighted by atomic mass is 9.81. The van der Waals surface area contributed by atoms with Gasteiger partial charge in [-0.3, -0.25) is 9.59 Å². The van der Waals surface area contributed by atoms with Crippen molar-refractivity contribution in [1.29, 1.82) is 0 Å². The van der Waals surface area contributed by atoms with Gasteiger partial charge >= 0.3 is 11.9 Å². The molecule has 0 N–H and O–H groups in total. The molecule has 1 rings (SSSR count). The number of hydrogen-bond acceptors (Lipinski definition) is 4. The van der Waals surface area contributed by atoms with Gasteiger partial charge in [0.25, 0.3) is 0 Å². The van der Waals surface area contributed by atoms with Gasteiger partial charge in [-0.2, -0.15) is 0 Å². The monoisotopic (exact) mass is 284 g/mol. The van der Waals surface area contributed by atoms with E-state index < -0.39 is 0 Å². The molecular formula is C16H28O4. The molecule has 1 aliphatic rings. The Balaban J connectivity index is 2.45. The molecule has 0 amide bonds. The van der Waals surface area contributed by atoms with Crippen molar-refractivity contribution in [2.75, 3.05) is 13.2 Å². The number of ether oxygens (including phenoxy) is 2. The van der Waals surface area contributed by atoms with Crippen molar-refractivity contribution in [3.05, 3.63) is 0 Å². The molecule has 20 heavy (non-hydrogen) atoms. The van der Waals surface area contributed by atoms with Gasteiger partial charge in [-0.25, -0.2) is 0 Å². The van der Waals surface area contributed by atoms with Crippen LogP contribution in [0.3, 0.4) is 0 Å². The third-order valence-electron chi connectivity index (χ3n) is 3.96. The van der Waals surface area contributed by atoms with Crippen molar-refractivity contribution in [2.45, 2.75) is 65.2 Å². The van der Waals surface area contributed by atoms with E-state index in [1.54, 1.807) is 6.92 Å². The summed E-state index contributed by atoms with van der Waals surface area (Å²) >= 11 is 0. The number of esters is 2. The van der Waals surface area contributed by atoms with Gasteiger partial charge in [0.2, 0.25) is 0 Å². The summed E-state index contributed by atoms with van der Waals surface area (Å²) in [5, 5.41) is 0. The zero-order chi connectivity index (χ0) is 14.8. The predicted octanol–water partition coefficient (Wildman–Crippen LogP) is 3.48.